The molecule has 0 spiro atoms. The van der Waals surface area contributed by atoms with E-state index in [9.17, 15) is 19.2 Å². The third kappa shape index (κ3) is 7.01. The number of H-pyrrole nitrogens is 1. The zero-order valence-corrected chi connectivity index (χ0v) is 19.6. The van der Waals surface area contributed by atoms with Crippen LogP contribution in [-0.4, -0.2) is 63.1 Å². The number of rotatable bonds is 9. The van der Waals surface area contributed by atoms with Gasteiger partial charge in [-0.3, -0.25) is 9.69 Å². The molecule has 0 aliphatic carbocycles. The van der Waals surface area contributed by atoms with Gasteiger partial charge in [0, 0.05) is 47.1 Å². The Morgan fingerprint density at radius 2 is 1.86 bits per heavy atom. The molecule has 1 atom stereocenters. The Labute approximate surface area is 205 Å². The summed E-state index contributed by atoms with van der Waals surface area (Å²) in [5, 5.41) is 21.6. The van der Waals surface area contributed by atoms with Crippen molar-refractivity contribution in [3.05, 3.63) is 70.1 Å². The Morgan fingerprint density at radius 1 is 1.11 bits per heavy atom. The molecular formula is C24H26N4O6S. The highest BCUT2D eigenvalue weighted by Crippen LogP contribution is 2.22. The van der Waals surface area contributed by atoms with E-state index >= 15 is 0 Å². The molecule has 1 fully saturated rings. The predicted octanol–water partition coefficient (Wildman–Crippen LogP) is 2.15. The molecule has 11 heteroatoms. The number of nitrogens with zero attached hydrogens (tertiary/aromatic N) is 1. The zero-order chi connectivity index (χ0) is 25.4. The van der Waals surface area contributed by atoms with Gasteiger partial charge in [-0.25, -0.2) is 14.4 Å². The zero-order valence-electron chi connectivity index (χ0n) is 18.8. The number of aliphatic carboxylic acids is 2. The van der Waals surface area contributed by atoms with Gasteiger partial charge in [0.15, 0.2) is 0 Å². The molecule has 35 heavy (non-hydrogen) atoms. The highest BCUT2D eigenvalue weighted by Gasteiger charge is 2.37. The van der Waals surface area contributed by atoms with Crippen LogP contribution in [0.3, 0.4) is 0 Å². The van der Waals surface area contributed by atoms with E-state index in [-0.39, 0.29) is 11.9 Å². The maximum Gasteiger partial charge on any atom is 0.328 e. The van der Waals surface area contributed by atoms with Crippen LogP contribution in [0.25, 0.3) is 10.9 Å². The number of fused-ring (bicyclic) bond motifs is 1. The van der Waals surface area contributed by atoms with Crippen LogP contribution in [0.4, 0.5) is 4.79 Å². The van der Waals surface area contributed by atoms with E-state index in [1.54, 1.807) is 11.3 Å². The summed E-state index contributed by atoms with van der Waals surface area (Å²) < 4.78 is 0. The number of nitrogens with two attached hydrogens (primary N) is 1. The Balaban J connectivity index is 0.000000371. The molecule has 6 N–H and O–H groups in total. The normalized spacial score (nSPS) is 15.3. The second-order valence-electron chi connectivity index (χ2n) is 7.77. The first-order valence-corrected chi connectivity index (χ1v) is 11.7. The quantitative estimate of drug-likeness (QED) is 0.223. The number of imide groups is 1. The Morgan fingerprint density at radius 3 is 2.49 bits per heavy atom. The number of nitrogens with one attached hydrogen (secondary N) is 2. The van der Waals surface area contributed by atoms with Crippen molar-refractivity contribution >= 4 is 46.1 Å². The summed E-state index contributed by atoms with van der Waals surface area (Å²) in [6.07, 6.45) is 5.09. The SMILES string of the molecule is NCCc1c[nH]c2ccc(CC3NC(=O)N(CCc4cccs4)C3=O)cc12.O=C(O)/C=C\C(=O)O. The number of hydrogen-bond acceptors (Lipinski definition) is 6. The molecule has 1 saturated heterocycles. The molecule has 1 aromatic carbocycles. The van der Waals surface area contributed by atoms with E-state index in [0.29, 0.717) is 38.1 Å². The lowest BCUT2D eigenvalue weighted by atomic mass is 10.0. The summed E-state index contributed by atoms with van der Waals surface area (Å²) in [6.45, 7) is 1.01. The molecule has 1 unspecified atom stereocenters. The molecule has 2 aromatic heterocycles. The number of carboxylic acids is 2. The van der Waals surface area contributed by atoms with Crippen molar-refractivity contribution in [2.24, 2.45) is 5.73 Å². The van der Waals surface area contributed by atoms with Crippen molar-refractivity contribution in [2.75, 3.05) is 13.1 Å². The summed E-state index contributed by atoms with van der Waals surface area (Å²) in [7, 11) is 0. The van der Waals surface area contributed by atoms with Crippen LogP contribution in [0.1, 0.15) is 16.0 Å². The minimum Gasteiger partial charge on any atom is -0.478 e. The van der Waals surface area contributed by atoms with Gasteiger partial charge in [-0.15, -0.1) is 11.3 Å². The van der Waals surface area contributed by atoms with Gasteiger partial charge >= 0.3 is 18.0 Å². The first kappa shape index (κ1) is 25.7. The second-order valence-corrected chi connectivity index (χ2v) is 8.80. The summed E-state index contributed by atoms with van der Waals surface area (Å²) in [5.74, 6) is -2.66. The van der Waals surface area contributed by atoms with Crippen molar-refractivity contribution in [2.45, 2.75) is 25.3 Å². The maximum absolute atomic E-state index is 12.7. The lowest BCUT2D eigenvalue weighted by Crippen LogP contribution is -2.33. The van der Waals surface area contributed by atoms with Gasteiger partial charge in [-0.1, -0.05) is 12.1 Å². The van der Waals surface area contributed by atoms with Crippen LogP contribution >= 0.6 is 11.3 Å². The molecule has 10 nitrogen and oxygen atoms in total. The average molecular weight is 499 g/mol. The van der Waals surface area contributed by atoms with Crippen molar-refractivity contribution in [1.29, 1.82) is 0 Å². The first-order chi connectivity index (χ1) is 16.8. The predicted molar refractivity (Wildman–Crippen MR) is 131 cm³/mol. The molecule has 3 amide bonds. The van der Waals surface area contributed by atoms with E-state index < -0.39 is 18.0 Å². The number of thiophene rings is 1. The molecule has 1 aliphatic rings. The summed E-state index contributed by atoms with van der Waals surface area (Å²) in [6, 6.07) is 9.29. The maximum atomic E-state index is 12.7. The number of aromatic nitrogens is 1. The molecule has 184 valence electrons. The van der Waals surface area contributed by atoms with Crippen molar-refractivity contribution in [1.82, 2.24) is 15.2 Å². The molecule has 1 aliphatic heterocycles. The number of carboxylic acid groups (broad SMARTS) is 2. The van der Waals surface area contributed by atoms with Gasteiger partial charge in [0.25, 0.3) is 5.91 Å². The number of benzene rings is 1. The summed E-state index contributed by atoms with van der Waals surface area (Å²) in [4.78, 5) is 49.8. The Kier molecular flexibility index (Phi) is 8.76. The molecule has 0 bridgehead atoms. The van der Waals surface area contributed by atoms with Crippen molar-refractivity contribution in [3.63, 3.8) is 0 Å². The molecule has 4 rings (SSSR count). The van der Waals surface area contributed by atoms with Crippen LogP contribution in [0.2, 0.25) is 0 Å². The van der Waals surface area contributed by atoms with Gasteiger partial charge in [-0.05, 0) is 54.1 Å². The highest BCUT2D eigenvalue weighted by molar-refractivity contribution is 7.09. The van der Waals surface area contributed by atoms with Crippen LogP contribution in [0, 0.1) is 0 Å². The standard InChI is InChI=1S/C20H22N4O2S.C4H4O4/c21-7-5-14-12-22-17-4-3-13(10-16(14)17)11-18-19(25)24(20(26)23-18)8-6-15-2-1-9-27-15;5-3(6)1-2-4(7)8/h1-4,9-10,12,18,22H,5-8,11,21H2,(H,23,26);1-2H,(H,5,6)(H,7,8)/b;2-1-. The fourth-order valence-corrected chi connectivity index (χ4v) is 4.40. The third-order valence-corrected chi connectivity index (χ3v) is 6.26. The Hall–Kier alpha value is -3.96. The number of carbonyl (C=O) groups is 4. The van der Waals surface area contributed by atoms with Gasteiger partial charge in [0.1, 0.15) is 6.04 Å². The second kappa shape index (κ2) is 12.0. The minimum atomic E-state index is -1.26. The summed E-state index contributed by atoms with van der Waals surface area (Å²) in [5.41, 5.74) is 8.94. The van der Waals surface area contributed by atoms with Gasteiger partial charge in [0.2, 0.25) is 0 Å². The fourth-order valence-electron chi connectivity index (χ4n) is 3.70. The number of aromatic amines is 1. The van der Waals surface area contributed by atoms with Gasteiger partial charge < -0.3 is 26.2 Å². The lowest BCUT2D eigenvalue weighted by molar-refractivity contribution is -0.134. The highest BCUT2D eigenvalue weighted by atomic mass is 32.1. The van der Waals surface area contributed by atoms with Gasteiger partial charge in [-0.2, -0.15) is 0 Å². The van der Waals surface area contributed by atoms with Crippen molar-refractivity contribution < 1.29 is 29.4 Å². The van der Waals surface area contributed by atoms with Gasteiger partial charge in [0.05, 0.1) is 0 Å². The number of carbonyl (C=O) groups excluding carboxylic acids is 2. The van der Waals surface area contributed by atoms with Crippen LogP contribution < -0.4 is 11.1 Å². The molecule has 0 saturated carbocycles. The molecule has 3 heterocycles. The smallest absolute Gasteiger partial charge is 0.328 e. The lowest BCUT2D eigenvalue weighted by Gasteiger charge is -2.12. The Bertz CT molecular complexity index is 1220. The monoisotopic (exact) mass is 498 g/mol. The minimum absolute atomic E-state index is 0.145. The first-order valence-electron chi connectivity index (χ1n) is 10.9. The van der Waals surface area contributed by atoms with E-state index in [1.165, 1.54) is 15.3 Å². The van der Waals surface area contributed by atoms with E-state index in [2.05, 4.69) is 16.4 Å². The summed E-state index contributed by atoms with van der Waals surface area (Å²) >= 11 is 1.64. The van der Waals surface area contributed by atoms with E-state index in [0.717, 1.165) is 22.9 Å². The van der Waals surface area contributed by atoms with Crippen molar-refractivity contribution in [3.8, 4) is 0 Å². The molecular weight excluding hydrogens is 472 g/mol. The molecule has 0 radical (unpaired) electrons. The third-order valence-electron chi connectivity index (χ3n) is 5.32. The number of hydrogen-bond donors (Lipinski definition) is 5. The molecule has 3 aromatic rings. The van der Waals surface area contributed by atoms with Crippen LogP contribution in [0.15, 0.2) is 54.1 Å². The number of amides is 3. The van der Waals surface area contributed by atoms with E-state index in [4.69, 9.17) is 15.9 Å². The average Bonchev–Trinajstić information content (AvgIpc) is 3.53. The van der Waals surface area contributed by atoms with E-state index in [1.807, 2.05) is 35.8 Å². The van der Waals surface area contributed by atoms with Crippen LogP contribution in [0.5, 0.6) is 0 Å². The topological polar surface area (TPSA) is 166 Å². The number of urea groups is 1. The van der Waals surface area contributed by atoms with Crippen LogP contribution in [-0.2, 0) is 33.6 Å². The largest absolute Gasteiger partial charge is 0.478 e. The fraction of sp³-hybridized carbons (Fsp3) is 0.250.